The zero-order chi connectivity index (χ0) is 21.9. The van der Waals surface area contributed by atoms with E-state index in [0.29, 0.717) is 59.6 Å². The van der Waals surface area contributed by atoms with Crippen molar-refractivity contribution in [2.75, 3.05) is 0 Å². The van der Waals surface area contributed by atoms with Gasteiger partial charge in [0.05, 0.1) is 11.8 Å². The van der Waals surface area contributed by atoms with Crippen molar-refractivity contribution >= 4 is 17.1 Å². The third-order valence-electron chi connectivity index (χ3n) is 6.49. The van der Waals surface area contributed by atoms with Gasteiger partial charge in [0.1, 0.15) is 28.4 Å². The number of pyridine rings is 1. The van der Waals surface area contributed by atoms with E-state index in [1.807, 2.05) is 0 Å². The Morgan fingerprint density at radius 3 is 2.59 bits per heavy atom. The molecular formula is C23H18FN5O3. The molecule has 6 rings (SSSR count). The first-order valence-corrected chi connectivity index (χ1v) is 10.4. The average molecular weight is 431 g/mol. The highest BCUT2D eigenvalue weighted by Gasteiger charge is 2.52. The summed E-state index contributed by atoms with van der Waals surface area (Å²) >= 11 is 0. The van der Waals surface area contributed by atoms with Crippen molar-refractivity contribution in [3.8, 4) is 11.4 Å². The summed E-state index contributed by atoms with van der Waals surface area (Å²) in [5, 5.41) is 11.4. The highest BCUT2D eigenvalue weighted by atomic mass is 19.1. The van der Waals surface area contributed by atoms with Crippen molar-refractivity contribution in [3.05, 3.63) is 71.7 Å². The Morgan fingerprint density at radius 1 is 1.03 bits per heavy atom. The third-order valence-corrected chi connectivity index (χ3v) is 6.49. The molecule has 9 heteroatoms. The molecule has 1 aliphatic heterocycles. The average Bonchev–Trinajstić information content (AvgIpc) is 3.36. The molecule has 4 aromatic rings. The van der Waals surface area contributed by atoms with Crippen molar-refractivity contribution in [3.63, 3.8) is 0 Å². The van der Waals surface area contributed by atoms with Crippen LogP contribution in [-0.2, 0) is 15.9 Å². The van der Waals surface area contributed by atoms with Crippen molar-refractivity contribution in [1.29, 1.82) is 0 Å². The van der Waals surface area contributed by atoms with Gasteiger partial charge >= 0.3 is 5.97 Å². The van der Waals surface area contributed by atoms with E-state index in [0.717, 1.165) is 5.56 Å². The van der Waals surface area contributed by atoms with Gasteiger partial charge < -0.3 is 14.8 Å². The molecule has 0 radical (unpaired) electrons. The number of ether oxygens (including phenoxy) is 1. The number of nitrogens with zero attached hydrogens (tertiary/aromatic N) is 4. The monoisotopic (exact) mass is 431 g/mol. The Hall–Kier alpha value is -3.72. The van der Waals surface area contributed by atoms with Crippen molar-refractivity contribution in [2.45, 2.75) is 36.9 Å². The maximum absolute atomic E-state index is 13.2. The van der Waals surface area contributed by atoms with Crippen LogP contribution in [0, 0.1) is 5.82 Å². The van der Waals surface area contributed by atoms with Crippen molar-refractivity contribution in [2.24, 2.45) is 0 Å². The molecule has 3 aromatic heterocycles. The molecule has 2 aliphatic rings. The number of hydrogen-bond acceptors (Lipinski definition) is 7. The Bertz CT molecular complexity index is 1360. The minimum Gasteiger partial charge on any atom is -0.450 e. The quantitative estimate of drug-likeness (QED) is 0.468. The molecule has 1 fully saturated rings. The van der Waals surface area contributed by atoms with Gasteiger partial charge in [-0.15, -0.1) is 0 Å². The van der Waals surface area contributed by atoms with E-state index < -0.39 is 11.2 Å². The second-order valence-electron chi connectivity index (χ2n) is 8.36. The van der Waals surface area contributed by atoms with Crippen LogP contribution in [-0.4, -0.2) is 36.0 Å². The van der Waals surface area contributed by atoms with E-state index in [9.17, 15) is 14.3 Å². The second kappa shape index (κ2) is 6.64. The lowest BCUT2D eigenvalue weighted by Gasteiger charge is -2.40. The standard InChI is InChI=1S/C23H18FN5O3/c24-14-3-1-13(2-4-14)18-26-12-17-19(28-18)29-21(27-17)22(31)6-8-23(9-7-22)16-11-25-10-5-15(16)20(30)32-23/h1-5,10-12,31H,6-9H2,(H,26,27,28,29)/t22-,23-. The summed E-state index contributed by atoms with van der Waals surface area (Å²) < 4.78 is 19.0. The van der Waals surface area contributed by atoms with Crippen molar-refractivity contribution in [1.82, 2.24) is 24.9 Å². The van der Waals surface area contributed by atoms with Gasteiger partial charge in [-0.2, -0.15) is 0 Å². The maximum atomic E-state index is 13.2. The summed E-state index contributed by atoms with van der Waals surface area (Å²) in [5.74, 6) is 0.149. The Morgan fingerprint density at radius 2 is 1.81 bits per heavy atom. The number of halogens is 1. The van der Waals surface area contributed by atoms with Gasteiger partial charge in [0, 0.05) is 23.5 Å². The number of fused-ring (bicyclic) bond motifs is 3. The molecule has 1 saturated carbocycles. The fourth-order valence-electron chi connectivity index (χ4n) is 4.66. The van der Waals surface area contributed by atoms with Gasteiger partial charge in [-0.3, -0.25) is 4.98 Å². The molecule has 160 valence electrons. The molecule has 0 unspecified atom stereocenters. The van der Waals surface area contributed by atoms with Gasteiger partial charge in [-0.25, -0.2) is 24.1 Å². The molecule has 0 saturated heterocycles. The zero-order valence-electron chi connectivity index (χ0n) is 16.9. The summed E-state index contributed by atoms with van der Waals surface area (Å²) in [6.07, 6.45) is 6.48. The minimum atomic E-state index is -1.21. The molecule has 1 spiro atoms. The molecule has 4 heterocycles. The fourth-order valence-corrected chi connectivity index (χ4v) is 4.66. The van der Waals surface area contributed by atoms with Crippen LogP contribution in [0.25, 0.3) is 22.6 Å². The first-order chi connectivity index (χ1) is 15.5. The Balaban J connectivity index is 1.29. The summed E-state index contributed by atoms with van der Waals surface area (Å²) in [4.78, 5) is 32.9. The molecule has 32 heavy (non-hydrogen) atoms. The number of hydrogen-bond donors (Lipinski definition) is 2. The first kappa shape index (κ1) is 19.0. The molecule has 8 nitrogen and oxygen atoms in total. The van der Waals surface area contributed by atoms with Crippen LogP contribution in [0.4, 0.5) is 4.39 Å². The predicted octanol–water partition coefficient (Wildman–Crippen LogP) is 3.38. The van der Waals surface area contributed by atoms with Crippen LogP contribution in [0.3, 0.4) is 0 Å². The van der Waals surface area contributed by atoms with Gasteiger partial charge in [-0.05, 0) is 56.0 Å². The van der Waals surface area contributed by atoms with E-state index in [-0.39, 0.29) is 11.8 Å². The van der Waals surface area contributed by atoms with Gasteiger partial charge in [-0.1, -0.05) is 0 Å². The van der Waals surface area contributed by atoms with Crippen molar-refractivity contribution < 1.29 is 19.0 Å². The Kier molecular flexibility index (Phi) is 3.94. The number of H-pyrrole nitrogens is 1. The van der Waals surface area contributed by atoms with Crippen LogP contribution >= 0.6 is 0 Å². The van der Waals surface area contributed by atoms with Gasteiger partial charge in [0.15, 0.2) is 11.5 Å². The lowest BCUT2D eigenvalue weighted by atomic mass is 9.73. The largest absolute Gasteiger partial charge is 0.450 e. The van der Waals surface area contributed by atoms with E-state index in [4.69, 9.17) is 4.74 Å². The number of nitrogens with one attached hydrogen (secondary N) is 1. The third kappa shape index (κ3) is 2.81. The predicted molar refractivity (Wildman–Crippen MR) is 111 cm³/mol. The molecule has 1 aromatic carbocycles. The fraction of sp³-hybridized carbons (Fsp3) is 0.261. The maximum Gasteiger partial charge on any atom is 0.339 e. The smallest absolute Gasteiger partial charge is 0.339 e. The molecule has 1 aliphatic carbocycles. The van der Waals surface area contributed by atoms with Gasteiger partial charge in [0.2, 0.25) is 0 Å². The number of aromatic nitrogens is 5. The number of imidazole rings is 1. The Labute approximate surface area is 181 Å². The van der Waals surface area contributed by atoms with E-state index >= 15 is 0 Å². The lowest BCUT2D eigenvalue weighted by Crippen LogP contribution is -2.40. The molecule has 0 atom stereocenters. The van der Waals surface area contributed by atoms with Crippen LogP contribution in [0.1, 0.15) is 47.4 Å². The molecule has 0 bridgehead atoms. The van der Waals surface area contributed by atoms with E-state index in [1.54, 1.807) is 36.8 Å². The van der Waals surface area contributed by atoms with Crippen LogP contribution < -0.4 is 0 Å². The number of aromatic amines is 1. The summed E-state index contributed by atoms with van der Waals surface area (Å²) in [6, 6.07) is 7.58. The lowest BCUT2D eigenvalue weighted by molar-refractivity contribution is -0.0936. The highest BCUT2D eigenvalue weighted by Crippen LogP contribution is 2.51. The molecule has 2 N–H and O–H groups in total. The SMILES string of the molecule is O=C1O[C@]2(CC[C@@](O)(c3nc4nc(-c5ccc(F)cc5)ncc4[nH]3)CC2)c2cnccc21. The molecular weight excluding hydrogens is 413 g/mol. The number of aliphatic hydroxyl groups is 1. The van der Waals surface area contributed by atoms with Crippen LogP contribution in [0.15, 0.2) is 48.9 Å². The topological polar surface area (TPSA) is 114 Å². The molecule has 0 amide bonds. The number of carbonyl (C=O) groups excluding carboxylic acids is 1. The number of benzene rings is 1. The van der Waals surface area contributed by atoms with Crippen LogP contribution in [0.2, 0.25) is 0 Å². The second-order valence-corrected chi connectivity index (χ2v) is 8.36. The normalized spacial score (nSPS) is 24.6. The summed E-state index contributed by atoms with van der Waals surface area (Å²) in [7, 11) is 0. The van der Waals surface area contributed by atoms with Crippen LogP contribution in [0.5, 0.6) is 0 Å². The summed E-state index contributed by atoms with van der Waals surface area (Å²) in [6.45, 7) is 0. The van der Waals surface area contributed by atoms with Gasteiger partial charge in [0.25, 0.3) is 0 Å². The minimum absolute atomic E-state index is 0.333. The first-order valence-electron chi connectivity index (χ1n) is 10.4. The number of carbonyl (C=O) groups is 1. The van der Waals surface area contributed by atoms with E-state index in [2.05, 4.69) is 24.9 Å². The zero-order valence-corrected chi connectivity index (χ0v) is 16.9. The summed E-state index contributed by atoms with van der Waals surface area (Å²) in [5.41, 5.74) is 1.05. The number of rotatable bonds is 2. The number of esters is 1. The van der Waals surface area contributed by atoms with E-state index in [1.165, 1.54) is 12.1 Å². The highest BCUT2D eigenvalue weighted by molar-refractivity contribution is 5.94.